The molecule has 2 atom stereocenters. The Kier molecular flexibility index (Phi) is 5.51. The Bertz CT molecular complexity index is 641. The molecule has 1 aromatic carbocycles. The molecule has 1 heterocycles. The van der Waals surface area contributed by atoms with E-state index in [1.54, 1.807) is 0 Å². The predicted octanol–water partition coefficient (Wildman–Crippen LogP) is 2.07. The summed E-state index contributed by atoms with van der Waals surface area (Å²) in [6.45, 7) is 7.43. The first-order valence-electron chi connectivity index (χ1n) is 9.40. The molecular formula is C20H29N3O3. The van der Waals surface area contributed by atoms with Crippen molar-refractivity contribution in [2.24, 2.45) is 5.92 Å². The number of amides is 2. The number of piperazine rings is 1. The fourth-order valence-electron chi connectivity index (χ4n) is 3.53. The number of hydrogen-bond acceptors (Lipinski definition) is 4. The van der Waals surface area contributed by atoms with Crippen LogP contribution in [-0.4, -0.2) is 67.2 Å². The quantitative estimate of drug-likeness (QED) is 0.874. The SMILES string of the molecule is CC(C)COC(=O)NC1(C(=O)N2CCN(C)CC2)C[C@H]1c1ccccc1. The van der Waals surface area contributed by atoms with Crippen molar-refractivity contribution >= 4 is 12.0 Å². The van der Waals surface area contributed by atoms with Crippen LogP contribution in [-0.2, 0) is 9.53 Å². The number of nitrogens with one attached hydrogen (secondary N) is 1. The zero-order valence-electron chi connectivity index (χ0n) is 15.9. The van der Waals surface area contributed by atoms with E-state index in [-0.39, 0.29) is 17.7 Å². The van der Waals surface area contributed by atoms with E-state index in [2.05, 4.69) is 17.3 Å². The molecule has 0 spiro atoms. The van der Waals surface area contributed by atoms with Crippen LogP contribution < -0.4 is 5.32 Å². The number of rotatable bonds is 5. The van der Waals surface area contributed by atoms with Crippen LogP contribution in [0.15, 0.2) is 30.3 Å². The summed E-state index contributed by atoms with van der Waals surface area (Å²) in [5.74, 6) is 0.276. The van der Waals surface area contributed by atoms with E-state index in [0.717, 1.165) is 18.7 Å². The van der Waals surface area contributed by atoms with E-state index in [4.69, 9.17) is 4.74 Å². The Labute approximate surface area is 155 Å². The van der Waals surface area contributed by atoms with E-state index in [9.17, 15) is 9.59 Å². The van der Waals surface area contributed by atoms with Gasteiger partial charge in [-0.1, -0.05) is 44.2 Å². The Morgan fingerprint density at radius 2 is 1.85 bits per heavy atom. The Hall–Kier alpha value is -2.08. The smallest absolute Gasteiger partial charge is 0.408 e. The second-order valence-electron chi connectivity index (χ2n) is 7.85. The molecule has 1 unspecified atom stereocenters. The van der Waals surface area contributed by atoms with E-state index < -0.39 is 11.6 Å². The van der Waals surface area contributed by atoms with Crippen LogP contribution in [0.1, 0.15) is 31.7 Å². The molecule has 2 fully saturated rings. The lowest BCUT2D eigenvalue weighted by molar-refractivity contribution is -0.136. The summed E-state index contributed by atoms with van der Waals surface area (Å²) in [5.41, 5.74) is 0.213. The van der Waals surface area contributed by atoms with Gasteiger partial charge < -0.3 is 19.9 Å². The van der Waals surface area contributed by atoms with Gasteiger partial charge in [0.15, 0.2) is 0 Å². The predicted molar refractivity (Wildman–Crippen MR) is 99.9 cm³/mol. The molecule has 2 amide bonds. The molecule has 6 nitrogen and oxygen atoms in total. The molecule has 0 aromatic heterocycles. The summed E-state index contributed by atoms with van der Waals surface area (Å²) in [6, 6.07) is 9.93. The van der Waals surface area contributed by atoms with Crippen LogP contribution >= 0.6 is 0 Å². The van der Waals surface area contributed by atoms with Crippen molar-refractivity contribution in [3.05, 3.63) is 35.9 Å². The van der Waals surface area contributed by atoms with Crippen LogP contribution in [0.2, 0.25) is 0 Å². The number of carbonyl (C=O) groups is 2. The third-order valence-corrected chi connectivity index (χ3v) is 5.21. The molecule has 1 aliphatic carbocycles. The van der Waals surface area contributed by atoms with E-state index in [1.807, 2.05) is 49.1 Å². The van der Waals surface area contributed by atoms with Crippen molar-refractivity contribution in [2.45, 2.75) is 31.7 Å². The summed E-state index contributed by atoms with van der Waals surface area (Å²) in [5, 5.41) is 2.91. The van der Waals surface area contributed by atoms with Gasteiger partial charge in [0.2, 0.25) is 5.91 Å². The van der Waals surface area contributed by atoms with E-state index in [0.29, 0.717) is 26.1 Å². The number of ether oxygens (including phenoxy) is 1. The molecule has 1 aliphatic heterocycles. The lowest BCUT2D eigenvalue weighted by Crippen LogP contribution is -2.56. The number of alkyl carbamates (subject to hydrolysis) is 1. The Morgan fingerprint density at radius 1 is 1.19 bits per heavy atom. The van der Waals surface area contributed by atoms with Crippen LogP contribution in [0.25, 0.3) is 0 Å². The minimum absolute atomic E-state index is 0.00227. The molecule has 1 saturated carbocycles. The highest BCUT2D eigenvalue weighted by molar-refractivity contribution is 5.95. The zero-order valence-corrected chi connectivity index (χ0v) is 15.9. The van der Waals surface area contributed by atoms with Crippen molar-refractivity contribution in [1.29, 1.82) is 0 Å². The molecule has 1 aromatic rings. The summed E-state index contributed by atoms with van der Waals surface area (Å²) in [6.07, 6.45) is 0.124. The summed E-state index contributed by atoms with van der Waals surface area (Å²) in [7, 11) is 2.06. The summed E-state index contributed by atoms with van der Waals surface area (Å²) < 4.78 is 5.29. The van der Waals surface area contributed by atoms with Gasteiger partial charge in [-0.25, -0.2) is 4.79 Å². The summed E-state index contributed by atoms with van der Waals surface area (Å²) in [4.78, 5) is 29.7. The standard InChI is InChI=1S/C20H29N3O3/c1-15(2)14-26-19(25)21-20(13-17(20)16-7-5-4-6-8-16)18(24)23-11-9-22(3)10-12-23/h4-8,15,17H,9-14H2,1-3H3,(H,21,25)/t17-,20?/m0/s1. The first-order chi connectivity index (χ1) is 12.4. The maximum Gasteiger partial charge on any atom is 0.408 e. The number of hydrogen-bond donors (Lipinski definition) is 1. The first kappa shape index (κ1) is 18.7. The van der Waals surface area contributed by atoms with Crippen LogP contribution in [0.5, 0.6) is 0 Å². The van der Waals surface area contributed by atoms with Crippen LogP contribution in [0.4, 0.5) is 4.79 Å². The van der Waals surface area contributed by atoms with Gasteiger partial charge >= 0.3 is 6.09 Å². The Balaban J connectivity index is 1.75. The van der Waals surface area contributed by atoms with Crippen molar-refractivity contribution in [1.82, 2.24) is 15.1 Å². The third kappa shape index (κ3) is 4.01. The average Bonchev–Trinajstić information content (AvgIpc) is 3.36. The molecule has 0 radical (unpaired) electrons. The van der Waals surface area contributed by atoms with Gasteiger partial charge in [0.25, 0.3) is 0 Å². The minimum Gasteiger partial charge on any atom is -0.449 e. The van der Waals surface area contributed by atoms with Crippen LogP contribution in [0, 0.1) is 5.92 Å². The maximum atomic E-state index is 13.3. The average molecular weight is 359 g/mol. The second-order valence-corrected chi connectivity index (χ2v) is 7.85. The molecule has 26 heavy (non-hydrogen) atoms. The largest absolute Gasteiger partial charge is 0.449 e. The van der Waals surface area contributed by atoms with Gasteiger partial charge in [0.1, 0.15) is 5.54 Å². The highest BCUT2D eigenvalue weighted by atomic mass is 16.5. The normalized spacial score (nSPS) is 25.8. The molecule has 3 rings (SSSR count). The van der Waals surface area contributed by atoms with Gasteiger partial charge in [0, 0.05) is 32.1 Å². The molecule has 6 heteroatoms. The van der Waals surface area contributed by atoms with Crippen molar-refractivity contribution < 1.29 is 14.3 Å². The minimum atomic E-state index is -0.870. The molecule has 1 N–H and O–H groups in total. The number of benzene rings is 1. The van der Waals surface area contributed by atoms with Crippen molar-refractivity contribution in [3.8, 4) is 0 Å². The third-order valence-electron chi connectivity index (χ3n) is 5.21. The lowest BCUT2D eigenvalue weighted by Gasteiger charge is -2.35. The molecule has 1 saturated heterocycles. The van der Waals surface area contributed by atoms with Crippen molar-refractivity contribution in [3.63, 3.8) is 0 Å². The Morgan fingerprint density at radius 3 is 2.46 bits per heavy atom. The molecule has 0 bridgehead atoms. The number of likely N-dealkylation sites (N-methyl/N-ethyl adjacent to an activating group) is 1. The van der Waals surface area contributed by atoms with Gasteiger partial charge in [-0.3, -0.25) is 4.79 Å². The fourth-order valence-corrected chi connectivity index (χ4v) is 3.53. The topological polar surface area (TPSA) is 61.9 Å². The van der Waals surface area contributed by atoms with Crippen LogP contribution in [0.3, 0.4) is 0 Å². The maximum absolute atomic E-state index is 13.3. The molecular weight excluding hydrogens is 330 g/mol. The molecule has 142 valence electrons. The number of nitrogens with zero attached hydrogens (tertiary/aromatic N) is 2. The molecule has 2 aliphatic rings. The highest BCUT2D eigenvalue weighted by Crippen LogP contribution is 2.52. The highest BCUT2D eigenvalue weighted by Gasteiger charge is 2.63. The monoisotopic (exact) mass is 359 g/mol. The van der Waals surface area contributed by atoms with Gasteiger partial charge in [-0.15, -0.1) is 0 Å². The van der Waals surface area contributed by atoms with Gasteiger partial charge in [-0.2, -0.15) is 0 Å². The van der Waals surface area contributed by atoms with E-state index >= 15 is 0 Å². The lowest BCUT2D eigenvalue weighted by atomic mass is 10.0. The van der Waals surface area contributed by atoms with Gasteiger partial charge in [-0.05, 0) is 24.9 Å². The summed E-state index contributed by atoms with van der Waals surface area (Å²) >= 11 is 0. The first-order valence-corrected chi connectivity index (χ1v) is 9.40. The fraction of sp³-hybridized carbons (Fsp3) is 0.600. The number of carbonyl (C=O) groups excluding carboxylic acids is 2. The zero-order chi connectivity index (χ0) is 18.7. The van der Waals surface area contributed by atoms with Crippen molar-refractivity contribution in [2.75, 3.05) is 39.8 Å². The van der Waals surface area contributed by atoms with Gasteiger partial charge in [0.05, 0.1) is 6.61 Å². The second kappa shape index (κ2) is 7.66. The van der Waals surface area contributed by atoms with E-state index in [1.165, 1.54) is 0 Å².